The molecule has 0 radical (unpaired) electrons. The van der Waals surface area contributed by atoms with Gasteiger partial charge in [0.2, 0.25) is 0 Å². The fourth-order valence-electron chi connectivity index (χ4n) is 1.92. The first-order valence-electron chi connectivity index (χ1n) is 5.61. The SMILES string of the molecule is C=CC(Cc1ccc2ccccc2c1)NC. The van der Waals surface area contributed by atoms with Gasteiger partial charge in [-0.25, -0.2) is 0 Å². The van der Waals surface area contributed by atoms with Crippen LogP contribution in [0.4, 0.5) is 0 Å². The molecule has 1 unspecified atom stereocenters. The summed E-state index contributed by atoms with van der Waals surface area (Å²) in [5.41, 5.74) is 1.35. The Morgan fingerprint density at radius 1 is 1.19 bits per heavy atom. The molecule has 2 aromatic rings. The van der Waals surface area contributed by atoms with Crippen LogP contribution in [0.5, 0.6) is 0 Å². The first-order chi connectivity index (χ1) is 7.83. The number of hydrogen-bond donors (Lipinski definition) is 1. The molecule has 1 N–H and O–H groups in total. The highest BCUT2D eigenvalue weighted by atomic mass is 14.9. The smallest absolute Gasteiger partial charge is 0.0285 e. The van der Waals surface area contributed by atoms with E-state index < -0.39 is 0 Å². The van der Waals surface area contributed by atoms with E-state index in [9.17, 15) is 0 Å². The highest BCUT2D eigenvalue weighted by Crippen LogP contribution is 2.16. The number of fused-ring (bicyclic) bond motifs is 1. The maximum absolute atomic E-state index is 3.83. The fourth-order valence-corrected chi connectivity index (χ4v) is 1.92. The molecule has 1 heteroatoms. The highest BCUT2D eigenvalue weighted by Gasteiger charge is 2.02. The quantitative estimate of drug-likeness (QED) is 0.766. The summed E-state index contributed by atoms with van der Waals surface area (Å²) in [7, 11) is 1.97. The summed E-state index contributed by atoms with van der Waals surface area (Å²) < 4.78 is 0. The number of hydrogen-bond acceptors (Lipinski definition) is 1. The van der Waals surface area contributed by atoms with Crippen molar-refractivity contribution in [3.05, 3.63) is 60.7 Å². The van der Waals surface area contributed by atoms with Gasteiger partial charge >= 0.3 is 0 Å². The van der Waals surface area contributed by atoms with Crippen LogP contribution >= 0.6 is 0 Å². The molecule has 82 valence electrons. The van der Waals surface area contributed by atoms with Gasteiger partial charge in [0.25, 0.3) is 0 Å². The first-order valence-corrected chi connectivity index (χ1v) is 5.61. The van der Waals surface area contributed by atoms with Crippen LogP contribution in [0.3, 0.4) is 0 Å². The molecule has 0 spiro atoms. The first kappa shape index (κ1) is 10.9. The third-order valence-corrected chi connectivity index (χ3v) is 2.92. The summed E-state index contributed by atoms with van der Waals surface area (Å²) in [6.45, 7) is 3.83. The van der Waals surface area contributed by atoms with Gasteiger partial charge in [0, 0.05) is 6.04 Å². The minimum absolute atomic E-state index is 0.348. The van der Waals surface area contributed by atoms with Crippen LogP contribution in [0.2, 0.25) is 0 Å². The second-order valence-electron chi connectivity index (χ2n) is 4.02. The summed E-state index contributed by atoms with van der Waals surface area (Å²) in [5, 5.41) is 5.83. The predicted octanol–water partition coefficient (Wildman–Crippen LogP) is 3.16. The summed E-state index contributed by atoms with van der Waals surface area (Å²) in [4.78, 5) is 0. The largest absolute Gasteiger partial charge is 0.313 e. The standard InChI is InChI=1S/C15H17N/c1-3-15(16-2)11-12-8-9-13-6-4-5-7-14(13)10-12/h3-10,15-16H,1,11H2,2H3. The molecular formula is C15H17N. The van der Waals surface area contributed by atoms with Crippen molar-refractivity contribution in [2.75, 3.05) is 7.05 Å². The van der Waals surface area contributed by atoms with Crippen molar-refractivity contribution >= 4 is 10.8 Å². The molecule has 1 atom stereocenters. The molecule has 0 saturated carbocycles. The normalized spacial score (nSPS) is 12.6. The molecule has 0 aliphatic heterocycles. The highest BCUT2D eigenvalue weighted by molar-refractivity contribution is 5.82. The van der Waals surface area contributed by atoms with E-state index in [-0.39, 0.29) is 0 Å². The van der Waals surface area contributed by atoms with Gasteiger partial charge in [-0.15, -0.1) is 6.58 Å². The molecule has 0 heterocycles. The van der Waals surface area contributed by atoms with Crippen LogP contribution in [0.15, 0.2) is 55.1 Å². The van der Waals surface area contributed by atoms with E-state index in [4.69, 9.17) is 0 Å². The monoisotopic (exact) mass is 211 g/mol. The Balaban J connectivity index is 2.28. The van der Waals surface area contributed by atoms with Gasteiger partial charge in [-0.1, -0.05) is 48.5 Å². The van der Waals surface area contributed by atoms with Crippen molar-refractivity contribution in [1.29, 1.82) is 0 Å². The third-order valence-electron chi connectivity index (χ3n) is 2.92. The van der Waals surface area contributed by atoms with Crippen molar-refractivity contribution in [2.24, 2.45) is 0 Å². The van der Waals surface area contributed by atoms with Gasteiger partial charge < -0.3 is 5.32 Å². The van der Waals surface area contributed by atoms with Crippen molar-refractivity contribution in [3.8, 4) is 0 Å². The Labute approximate surface area is 96.8 Å². The van der Waals surface area contributed by atoms with Gasteiger partial charge in [0.1, 0.15) is 0 Å². The summed E-state index contributed by atoms with van der Waals surface area (Å²) >= 11 is 0. The number of nitrogens with one attached hydrogen (secondary N) is 1. The predicted molar refractivity (Wildman–Crippen MR) is 70.7 cm³/mol. The minimum Gasteiger partial charge on any atom is -0.313 e. The Bertz CT molecular complexity index is 488. The lowest BCUT2D eigenvalue weighted by Crippen LogP contribution is -2.24. The molecule has 2 aromatic carbocycles. The van der Waals surface area contributed by atoms with E-state index in [2.05, 4.69) is 54.4 Å². The Kier molecular flexibility index (Phi) is 3.37. The zero-order valence-electron chi connectivity index (χ0n) is 9.61. The maximum Gasteiger partial charge on any atom is 0.0285 e. The molecule has 16 heavy (non-hydrogen) atoms. The molecule has 0 fully saturated rings. The van der Waals surface area contributed by atoms with Crippen LogP contribution in [0.1, 0.15) is 5.56 Å². The Morgan fingerprint density at radius 3 is 2.62 bits per heavy atom. The van der Waals surface area contributed by atoms with Crippen LogP contribution in [-0.2, 0) is 6.42 Å². The zero-order chi connectivity index (χ0) is 11.4. The van der Waals surface area contributed by atoms with Gasteiger partial charge in [0.15, 0.2) is 0 Å². The molecule has 0 aliphatic rings. The van der Waals surface area contributed by atoms with E-state index in [1.165, 1.54) is 16.3 Å². The topological polar surface area (TPSA) is 12.0 Å². The molecule has 0 bridgehead atoms. The molecule has 0 aromatic heterocycles. The van der Waals surface area contributed by atoms with Crippen molar-refractivity contribution in [1.82, 2.24) is 5.32 Å². The second-order valence-corrected chi connectivity index (χ2v) is 4.02. The van der Waals surface area contributed by atoms with Gasteiger partial charge in [0.05, 0.1) is 0 Å². The Morgan fingerprint density at radius 2 is 1.94 bits per heavy atom. The van der Waals surface area contributed by atoms with Gasteiger partial charge in [-0.2, -0.15) is 0 Å². The molecule has 0 amide bonds. The van der Waals surface area contributed by atoms with Gasteiger partial charge in [-0.05, 0) is 29.8 Å². The average Bonchev–Trinajstić information content (AvgIpc) is 2.35. The molecule has 0 aliphatic carbocycles. The summed E-state index contributed by atoms with van der Waals surface area (Å²) in [6, 6.07) is 15.4. The van der Waals surface area contributed by atoms with Gasteiger partial charge in [-0.3, -0.25) is 0 Å². The number of likely N-dealkylation sites (N-methyl/N-ethyl adjacent to an activating group) is 1. The van der Waals surface area contributed by atoms with Crippen LogP contribution < -0.4 is 5.32 Å². The molecule has 1 nitrogen and oxygen atoms in total. The Hall–Kier alpha value is -1.60. The van der Waals surface area contributed by atoms with Crippen molar-refractivity contribution in [3.63, 3.8) is 0 Å². The molecule has 0 saturated heterocycles. The zero-order valence-corrected chi connectivity index (χ0v) is 9.61. The molecule has 2 rings (SSSR count). The maximum atomic E-state index is 3.83. The lowest BCUT2D eigenvalue weighted by molar-refractivity contribution is 0.666. The van der Waals surface area contributed by atoms with Crippen LogP contribution in [-0.4, -0.2) is 13.1 Å². The van der Waals surface area contributed by atoms with E-state index in [1.54, 1.807) is 0 Å². The van der Waals surface area contributed by atoms with Crippen molar-refractivity contribution in [2.45, 2.75) is 12.5 Å². The van der Waals surface area contributed by atoms with E-state index in [0.717, 1.165) is 6.42 Å². The number of benzene rings is 2. The lowest BCUT2D eigenvalue weighted by atomic mass is 10.0. The third kappa shape index (κ3) is 2.31. The van der Waals surface area contributed by atoms with E-state index in [1.807, 2.05) is 13.1 Å². The minimum atomic E-state index is 0.348. The van der Waals surface area contributed by atoms with Crippen LogP contribution in [0.25, 0.3) is 10.8 Å². The summed E-state index contributed by atoms with van der Waals surface area (Å²) in [6.07, 6.45) is 2.94. The second kappa shape index (κ2) is 4.95. The number of rotatable bonds is 4. The fraction of sp³-hybridized carbons (Fsp3) is 0.200. The van der Waals surface area contributed by atoms with E-state index >= 15 is 0 Å². The van der Waals surface area contributed by atoms with Crippen LogP contribution in [0, 0.1) is 0 Å². The summed E-state index contributed by atoms with van der Waals surface area (Å²) in [5.74, 6) is 0. The molecular weight excluding hydrogens is 194 g/mol. The van der Waals surface area contributed by atoms with Crippen molar-refractivity contribution < 1.29 is 0 Å². The van der Waals surface area contributed by atoms with E-state index in [0.29, 0.717) is 6.04 Å². The lowest BCUT2D eigenvalue weighted by Gasteiger charge is -2.11. The average molecular weight is 211 g/mol.